The van der Waals surface area contributed by atoms with Crippen molar-refractivity contribution in [2.75, 3.05) is 0 Å². The number of aryl methyl sites for hydroxylation is 1. The third-order valence-corrected chi connectivity index (χ3v) is 3.40. The molecule has 0 radical (unpaired) electrons. The van der Waals surface area contributed by atoms with Crippen LogP contribution in [0.25, 0.3) is 0 Å². The van der Waals surface area contributed by atoms with E-state index in [9.17, 15) is 4.79 Å². The first-order valence-corrected chi connectivity index (χ1v) is 6.53. The largest absolute Gasteiger partial charge is 0.514 e. The van der Waals surface area contributed by atoms with Gasteiger partial charge < -0.3 is 9.47 Å². The monoisotopic (exact) mass is 270 g/mol. The molecule has 0 saturated heterocycles. The summed E-state index contributed by atoms with van der Waals surface area (Å²) in [6.45, 7) is 6.18. The van der Waals surface area contributed by atoms with E-state index in [1.807, 2.05) is 57.2 Å². The molecule has 0 aromatic heterocycles. The zero-order chi connectivity index (χ0) is 14.5. The lowest BCUT2D eigenvalue weighted by Gasteiger charge is -2.11. The number of hydrogen-bond donors (Lipinski definition) is 0. The molecule has 0 aliphatic carbocycles. The third-order valence-electron chi connectivity index (χ3n) is 3.40. The molecule has 3 heteroatoms. The van der Waals surface area contributed by atoms with Gasteiger partial charge in [-0.05, 0) is 49.1 Å². The van der Waals surface area contributed by atoms with Crippen LogP contribution in [0.5, 0.6) is 5.75 Å². The maximum Gasteiger partial charge on any atom is 0.514 e. The maximum atomic E-state index is 11.7. The van der Waals surface area contributed by atoms with Crippen molar-refractivity contribution in [3.63, 3.8) is 0 Å². The molecule has 0 atom stereocenters. The van der Waals surface area contributed by atoms with Gasteiger partial charge in [-0.3, -0.25) is 0 Å². The summed E-state index contributed by atoms with van der Waals surface area (Å²) >= 11 is 0. The standard InChI is InChI=1S/C17H18O3/c1-12-9-10-16(14(3)13(12)2)20-17(18)19-11-15-7-5-4-6-8-15/h4-10H,11H2,1-3H3. The van der Waals surface area contributed by atoms with Crippen LogP contribution < -0.4 is 4.74 Å². The topological polar surface area (TPSA) is 35.5 Å². The molecule has 0 saturated carbocycles. The van der Waals surface area contributed by atoms with Crippen molar-refractivity contribution < 1.29 is 14.3 Å². The molecule has 2 aromatic carbocycles. The summed E-state index contributed by atoms with van der Waals surface area (Å²) in [6, 6.07) is 13.2. The molecule has 0 bridgehead atoms. The Morgan fingerprint density at radius 2 is 1.65 bits per heavy atom. The zero-order valence-corrected chi connectivity index (χ0v) is 12.0. The van der Waals surface area contributed by atoms with Crippen molar-refractivity contribution in [3.05, 3.63) is 64.7 Å². The van der Waals surface area contributed by atoms with Crippen LogP contribution in [-0.4, -0.2) is 6.16 Å². The minimum absolute atomic E-state index is 0.212. The molecule has 0 aliphatic heterocycles. The van der Waals surface area contributed by atoms with Gasteiger partial charge in [-0.2, -0.15) is 0 Å². The highest BCUT2D eigenvalue weighted by atomic mass is 16.7. The van der Waals surface area contributed by atoms with Crippen LogP contribution in [0.1, 0.15) is 22.3 Å². The lowest BCUT2D eigenvalue weighted by Crippen LogP contribution is -2.11. The Labute approximate surface area is 119 Å². The van der Waals surface area contributed by atoms with E-state index >= 15 is 0 Å². The van der Waals surface area contributed by atoms with E-state index in [0.717, 1.165) is 16.7 Å². The fourth-order valence-electron chi connectivity index (χ4n) is 1.88. The van der Waals surface area contributed by atoms with Crippen molar-refractivity contribution in [1.29, 1.82) is 0 Å². The van der Waals surface area contributed by atoms with Crippen molar-refractivity contribution in [1.82, 2.24) is 0 Å². The van der Waals surface area contributed by atoms with Crippen LogP contribution in [0.3, 0.4) is 0 Å². The highest BCUT2D eigenvalue weighted by Gasteiger charge is 2.11. The Balaban J connectivity index is 1.97. The molecule has 0 N–H and O–H groups in total. The molecule has 20 heavy (non-hydrogen) atoms. The van der Waals surface area contributed by atoms with Crippen LogP contribution >= 0.6 is 0 Å². The SMILES string of the molecule is Cc1ccc(OC(=O)OCc2ccccc2)c(C)c1C. The lowest BCUT2D eigenvalue weighted by atomic mass is 10.0. The Morgan fingerprint density at radius 1 is 0.950 bits per heavy atom. The van der Waals surface area contributed by atoms with E-state index in [0.29, 0.717) is 5.75 Å². The number of benzene rings is 2. The maximum absolute atomic E-state index is 11.7. The number of carbonyl (C=O) groups is 1. The Bertz CT molecular complexity index is 603. The van der Waals surface area contributed by atoms with Gasteiger partial charge in [0.2, 0.25) is 0 Å². The molecule has 2 aromatic rings. The Hall–Kier alpha value is -2.29. The van der Waals surface area contributed by atoms with Crippen molar-refractivity contribution in [2.45, 2.75) is 27.4 Å². The zero-order valence-electron chi connectivity index (χ0n) is 12.0. The first kappa shape index (κ1) is 14.1. The smallest absolute Gasteiger partial charge is 0.429 e. The second-order valence-electron chi connectivity index (χ2n) is 4.76. The Morgan fingerprint density at radius 3 is 2.35 bits per heavy atom. The third kappa shape index (κ3) is 3.38. The molecule has 0 heterocycles. The molecule has 3 nitrogen and oxygen atoms in total. The summed E-state index contributed by atoms with van der Waals surface area (Å²) in [5.41, 5.74) is 4.19. The normalized spacial score (nSPS) is 10.2. The predicted molar refractivity (Wildman–Crippen MR) is 77.9 cm³/mol. The summed E-state index contributed by atoms with van der Waals surface area (Å²) < 4.78 is 10.3. The van der Waals surface area contributed by atoms with E-state index in [4.69, 9.17) is 9.47 Å². The van der Waals surface area contributed by atoms with E-state index in [1.54, 1.807) is 6.07 Å². The van der Waals surface area contributed by atoms with Gasteiger partial charge in [0.1, 0.15) is 12.4 Å². The molecular weight excluding hydrogens is 252 g/mol. The molecule has 0 fully saturated rings. The summed E-state index contributed by atoms with van der Waals surface area (Å²) in [7, 11) is 0. The van der Waals surface area contributed by atoms with Gasteiger partial charge >= 0.3 is 6.16 Å². The van der Waals surface area contributed by atoms with Crippen molar-refractivity contribution >= 4 is 6.16 Å². The quantitative estimate of drug-likeness (QED) is 0.615. The summed E-state index contributed by atoms with van der Waals surface area (Å²) in [4.78, 5) is 11.7. The number of rotatable bonds is 3. The van der Waals surface area contributed by atoms with E-state index in [1.165, 1.54) is 5.56 Å². The van der Waals surface area contributed by atoms with Crippen LogP contribution in [0.4, 0.5) is 4.79 Å². The number of carbonyl (C=O) groups excluding carboxylic acids is 1. The lowest BCUT2D eigenvalue weighted by molar-refractivity contribution is 0.0925. The molecule has 0 aliphatic rings. The van der Waals surface area contributed by atoms with Crippen LogP contribution in [0, 0.1) is 20.8 Å². The van der Waals surface area contributed by atoms with Gasteiger partial charge in [0, 0.05) is 0 Å². The highest BCUT2D eigenvalue weighted by molar-refractivity contribution is 5.65. The highest BCUT2D eigenvalue weighted by Crippen LogP contribution is 2.24. The van der Waals surface area contributed by atoms with E-state index in [-0.39, 0.29) is 6.61 Å². The van der Waals surface area contributed by atoms with Crippen LogP contribution in [-0.2, 0) is 11.3 Å². The first-order valence-electron chi connectivity index (χ1n) is 6.53. The minimum atomic E-state index is -0.680. The second-order valence-corrected chi connectivity index (χ2v) is 4.76. The Kier molecular flexibility index (Phi) is 4.41. The van der Waals surface area contributed by atoms with Crippen LogP contribution in [0.2, 0.25) is 0 Å². The molecule has 0 amide bonds. The van der Waals surface area contributed by atoms with Crippen molar-refractivity contribution in [3.8, 4) is 5.75 Å². The molecule has 104 valence electrons. The summed E-state index contributed by atoms with van der Waals surface area (Å²) in [5, 5.41) is 0. The summed E-state index contributed by atoms with van der Waals surface area (Å²) in [6.07, 6.45) is -0.680. The first-order chi connectivity index (χ1) is 9.58. The second kappa shape index (κ2) is 6.24. The fraction of sp³-hybridized carbons (Fsp3) is 0.235. The fourth-order valence-corrected chi connectivity index (χ4v) is 1.88. The average molecular weight is 270 g/mol. The predicted octanol–water partition coefficient (Wildman–Crippen LogP) is 4.33. The van der Waals surface area contributed by atoms with Gasteiger partial charge in [-0.15, -0.1) is 0 Å². The number of ether oxygens (including phenoxy) is 2. The minimum Gasteiger partial charge on any atom is -0.429 e. The van der Waals surface area contributed by atoms with Crippen LogP contribution in [0.15, 0.2) is 42.5 Å². The molecule has 0 unspecified atom stereocenters. The summed E-state index contributed by atoms with van der Waals surface area (Å²) in [5.74, 6) is 0.547. The van der Waals surface area contributed by atoms with Gasteiger partial charge in [0.15, 0.2) is 0 Å². The van der Waals surface area contributed by atoms with Gasteiger partial charge in [0.05, 0.1) is 0 Å². The van der Waals surface area contributed by atoms with Gasteiger partial charge in [0.25, 0.3) is 0 Å². The van der Waals surface area contributed by atoms with Gasteiger partial charge in [-0.25, -0.2) is 4.79 Å². The van der Waals surface area contributed by atoms with Gasteiger partial charge in [-0.1, -0.05) is 36.4 Å². The molecule has 2 rings (SSSR count). The molecule has 0 spiro atoms. The van der Waals surface area contributed by atoms with E-state index < -0.39 is 6.16 Å². The number of hydrogen-bond acceptors (Lipinski definition) is 3. The van der Waals surface area contributed by atoms with Crippen molar-refractivity contribution in [2.24, 2.45) is 0 Å². The average Bonchev–Trinajstić information content (AvgIpc) is 2.47. The van der Waals surface area contributed by atoms with E-state index in [2.05, 4.69) is 0 Å². The molecular formula is C17H18O3.